The van der Waals surface area contributed by atoms with Crippen molar-refractivity contribution in [3.8, 4) is 0 Å². The molecule has 0 saturated carbocycles. The standard InChI is InChI=1S/C14H25N3O3/c1-4-15-11-9-20-8-10(11)13(18)17-7-5-6-12(17)14(19)16(2)3/h10-12,15H,4-9H2,1-3H3. The number of carbonyl (C=O) groups excluding carboxylic acids is 2. The van der Waals surface area contributed by atoms with Crippen molar-refractivity contribution in [2.45, 2.75) is 31.8 Å². The van der Waals surface area contributed by atoms with E-state index in [0.29, 0.717) is 19.8 Å². The maximum absolute atomic E-state index is 12.7. The monoisotopic (exact) mass is 283 g/mol. The van der Waals surface area contributed by atoms with Crippen molar-refractivity contribution >= 4 is 11.8 Å². The van der Waals surface area contributed by atoms with E-state index < -0.39 is 0 Å². The second kappa shape index (κ2) is 6.54. The van der Waals surface area contributed by atoms with Crippen LogP contribution in [-0.2, 0) is 14.3 Å². The van der Waals surface area contributed by atoms with Gasteiger partial charge in [-0.25, -0.2) is 0 Å². The second-order valence-corrected chi connectivity index (χ2v) is 5.73. The first kappa shape index (κ1) is 15.3. The lowest BCUT2D eigenvalue weighted by Crippen LogP contribution is -2.51. The van der Waals surface area contributed by atoms with Crippen LogP contribution in [0.1, 0.15) is 19.8 Å². The number of rotatable bonds is 4. The van der Waals surface area contributed by atoms with E-state index in [9.17, 15) is 9.59 Å². The number of nitrogens with one attached hydrogen (secondary N) is 1. The highest BCUT2D eigenvalue weighted by Crippen LogP contribution is 2.24. The van der Waals surface area contributed by atoms with E-state index in [4.69, 9.17) is 4.74 Å². The number of likely N-dealkylation sites (tertiary alicyclic amines) is 1. The van der Waals surface area contributed by atoms with Gasteiger partial charge in [0.2, 0.25) is 11.8 Å². The topological polar surface area (TPSA) is 61.9 Å². The van der Waals surface area contributed by atoms with Gasteiger partial charge in [-0.2, -0.15) is 0 Å². The molecule has 0 aromatic heterocycles. The second-order valence-electron chi connectivity index (χ2n) is 5.73. The van der Waals surface area contributed by atoms with Crippen LogP contribution in [0.3, 0.4) is 0 Å². The third-order valence-electron chi connectivity index (χ3n) is 4.13. The van der Waals surface area contributed by atoms with Gasteiger partial charge in [-0.3, -0.25) is 9.59 Å². The zero-order chi connectivity index (χ0) is 14.7. The summed E-state index contributed by atoms with van der Waals surface area (Å²) < 4.78 is 5.44. The summed E-state index contributed by atoms with van der Waals surface area (Å²) in [5, 5.41) is 3.30. The summed E-state index contributed by atoms with van der Waals surface area (Å²) >= 11 is 0. The van der Waals surface area contributed by atoms with Gasteiger partial charge in [-0.15, -0.1) is 0 Å². The molecule has 2 saturated heterocycles. The Morgan fingerprint density at radius 3 is 2.75 bits per heavy atom. The van der Waals surface area contributed by atoms with Gasteiger partial charge in [0, 0.05) is 26.7 Å². The predicted octanol–water partition coefficient (Wildman–Crippen LogP) is -0.310. The lowest BCUT2D eigenvalue weighted by atomic mass is 10.0. The lowest BCUT2D eigenvalue weighted by Gasteiger charge is -2.29. The Balaban J connectivity index is 2.05. The quantitative estimate of drug-likeness (QED) is 0.769. The van der Waals surface area contributed by atoms with Gasteiger partial charge in [0.1, 0.15) is 6.04 Å². The van der Waals surface area contributed by atoms with Gasteiger partial charge in [0.25, 0.3) is 0 Å². The lowest BCUT2D eigenvalue weighted by molar-refractivity contribution is -0.145. The molecule has 2 fully saturated rings. The number of likely N-dealkylation sites (N-methyl/N-ethyl adjacent to an activating group) is 2. The molecular formula is C14H25N3O3. The molecule has 3 atom stereocenters. The highest BCUT2D eigenvalue weighted by atomic mass is 16.5. The molecule has 2 amide bonds. The number of amides is 2. The van der Waals surface area contributed by atoms with E-state index in [1.54, 1.807) is 23.9 Å². The molecule has 1 N–H and O–H groups in total. The van der Waals surface area contributed by atoms with E-state index in [0.717, 1.165) is 19.4 Å². The van der Waals surface area contributed by atoms with Gasteiger partial charge in [0.05, 0.1) is 19.1 Å². The molecule has 2 aliphatic rings. The van der Waals surface area contributed by atoms with Gasteiger partial charge >= 0.3 is 0 Å². The molecular weight excluding hydrogens is 258 g/mol. The minimum absolute atomic E-state index is 0.0229. The fourth-order valence-corrected chi connectivity index (χ4v) is 3.06. The Morgan fingerprint density at radius 2 is 2.10 bits per heavy atom. The van der Waals surface area contributed by atoms with Crippen LogP contribution in [0.5, 0.6) is 0 Å². The molecule has 0 aromatic rings. The van der Waals surface area contributed by atoms with Crippen LogP contribution >= 0.6 is 0 Å². The van der Waals surface area contributed by atoms with Crippen molar-refractivity contribution < 1.29 is 14.3 Å². The van der Waals surface area contributed by atoms with Crippen molar-refractivity contribution in [1.29, 1.82) is 0 Å². The number of carbonyl (C=O) groups is 2. The van der Waals surface area contributed by atoms with Gasteiger partial charge in [-0.05, 0) is 19.4 Å². The SMILES string of the molecule is CCNC1COCC1C(=O)N1CCCC1C(=O)N(C)C. The Morgan fingerprint density at radius 1 is 1.35 bits per heavy atom. The minimum atomic E-state index is -0.291. The van der Waals surface area contributed by atoms with Crippen molar-refractivity contribution in [2.24, 2.45) is 5.92 Å². The molecule has 2 aliphatic heterocycles. The molecule has 0 aromatic carbocycles. The van der Waals surface area contributed by atoms with Crippen LogP contribution in [0.25, 0.3) is 0 Å². The zero-order valence-electron chi connectivity index (χ0n) is 12.6. The molecule has 2 rings (SSSR count). The minimum Gasteiger partial charge on any atom is -0.379 e. The number of ether oxygens (including phenoxy) is 1. The van der Waals surface area contributed by atoms with Crippen LogP contribution in [0.2, 0.25) is 0 Å². The molecule has 6 nitrogen and oxygen atoms in total. The summed E-state index contributed by atoms with van der Waals surface area (Å²) in [6.07, 6.45) is 1.66. The number of nitrogens with zero attached hydrogens (tertiary/aromatic N) is 2. The van der Waals surface area contributed by atoms with Crippen molar-refractivity contribution in [3.05, 3.63) is 0 Å². The summed E-state index contributed by atoms with van der Waals surface area (Å²) in [5.41, 5.74) is 0. The van der Waals surface area contributed by atoms with E-state index in [1.165, 1.54) is 0 Å². The summed E-state index contributed by atoms with van der Waals surface area (Å²) in [6.45, 7) is 4.55. The molecule has 6 heteroatoms. The van der Waals surface area contributed by atoms with Crippen LogP contribution in [0.15, 0.2) is 0 Å². The van der Waals surface area contributed by atoms with Crippen LogP contribution < -0.4 is 5.32 Å². The van der Waals surface area contributed by atoms with Crippen molar-refractivity contribution in [1.82, 2.24) is 15.1 Å². The smallest absolute Gasteiger partial charge is 0.244 e. The Hall–Kier alpha value is -1.14. The fraction of sp³-hybridized carbons (Fsp3) is 0.857. The van der Waals surface area contributed by atoms with E-state index in [1.807, 2.05) is 6.92 Å². The Labute approximate surface area is 120 Å². The van der Waals surface area contributed by atoms with Gasteiger partial charge < -0.3 is 19.9 Å². The third-order valence-corrected chi connectivity index (χ3v) is 4.13. The summed E-state index contributed by atoms with van der Waals surface area (Å²) in [6, 6.07) is -0.219. The van der Waals surface area contributed by atoms with Gasteiger partial charge in [0.15, 0.2) is 0 Å². The first-order valence-corrected chi connectivity index (χ1v) is 7.39. The number of hydrogen-bond acceptors (Lipinski definition) is 4. The summed E-state index contributed by atoms with van der Waals surface area (Å²) in [5.74, 6) is -0.0774. The maximum Gasteiger partial charge on any atom is 0.244 e. The average Bonchev–Trinajstić information content (AvgIpc) is 3.06. The van der Waals surface area contributed by atoms with Crippen molar-refractivity contribution in [3.63, 3.8) is 0 Å². The average molecular weight is 283 g/mol. The van der Waals surface area contributed by atoms with Gasteiger partial charge in [-0.1, -0.05) is 6.92 Å². The number of hydrogen-bond donors (Lipinski definition) is 1. The van der Waals surface area contributed by atoms with Crippen LogP contribution in [0.4, 0.5) is 0 Å². The summed E-state index contributed by atoms with van der Waals surface area (Å²) in [7, 11) is 3.48. The summed E-state index contributed by atoms with van der Waals surface area (Å²) in [4.78, 5) is 28.2. The predicted molar refractivity (Wildman–Crippen MR) is 75.2 cm³/mol. The normalized spacial score (nSPS) is 29.8. The van der Waals surface area contributed by atoms with E-state index >= 15 is 0 Å². The molecule has 114 valence electrons. The van der Waals surface area contributed by atoms with Crippen molar-refractivity contribution in [2.75, 3.05) is 40.4 Å². The van der Waals surface area contributed by atoms with E-state index in [-0.39, 0.29) is 29.8 Å². The first-order chi connectivity index (χ1) is 9.56. The molecule has 0 aliphatic carbocycles. The molecule has 0 bridgehead atoms. The first-order valence-electron chi connectivity index (χ1n) is 7.39. The highest BCUT2D eigenvalue weighted by Gasteiger charge is 2.42. The fourth-order valence-electron chi connectivity index (χ4n) is 3.06. The third kappa shape index (κ3) is 2.96. The van der Waals surface area contributed by atoms with E-state index in [2.05, 4.69) is 5.32 Å². The molecule has 2 heterocycles. The van der Waals surface area contributed by atoms with Crippen LogP contribution in [-0.4, -0.2) is 74.1 Å². The Kier molecular flexibility index (Phi) is 4.99. The largest absolute Gasteiger partial charge is 0.379 e. The molecule has 20 heavy (non-hydrogen) atoms. The molecule has 0 radical (unpaired) electrons. The zero-order valence-corrected chi connectivity index (χ0v) is 12.6. The Bertz CT molecular complexity index is 373. The maximum atomic E-state index is 12.7. The highest BCUT2D eigenvalue weighted by molar-refractivity contribution is 5.89. The molecule has 3 unspecified atom stereocenters. The molecule has 0 spiro atoms. The van der Waals surface area contributed by atoms with Crippen LogP contribution in [0, 0.1) is 5.92 Å².